The van der Waals surface area contributed by atoms with Crippen LogP contribution in [-0.4, -0.2) is 6.54 Å². The number of nitrogens with one attached hydrogen (secondary N) is 1. The Morgan fingerprint density at radius 1 is 1.62 bits per heavy atom. The smallest absolute Gasteiger partial charge is 0.107 e. The van der Waals surface area contributed by atoms with Gasteiger partial charge in [0, 0.05) is 15.9 Å². The van der Waals surface area contributed by atoms with Crippen molar-refractivity contribution in [3.8, 4) is 0 Å². The summed E-state index contributed by atoms with van der Waals surface area (Å²) in [6, 6.07) is 2.08. The van der Waals surface area contributed by atoms with Gasteiger partial charge in [-0.3, -0.25) is 0 Å². The molecule has 0 spiro atoms. The molecule has 13 heavy (non-hydrogen) atoms. The van der Waals surface area contributed by atoms with E-state index in [0.29, 0.717) is 0 Å². The Morgan fingerprint density at radius 3 is 2.92 bits per heavy atom. The van der Waals surface area contributed by atoms with Gasteiger partial charge in [-0.1, -0.05) is 24.9 Å². The van der Waals surface area contributed by atoms with Gasteiger partial charge in [-0.2, -0.15) is 0 Å². The molecule has 1 aromatic heterocycles. The second-order valence-electron chi connectivity index (χ2n) is 2.86. The van der Waals surface area contributed by atoms with Crippen molar-refractivity contribution in [2.75, 3.05) is 6.54 Å². The fraction of sp³-hybridized carbons (Fsp3) is 0.556. The highest BCUT2D eigenvalue weighted by atomic mass is 79.9. The first-order valence-corrected chi connectivity index (χ1v) is 6.37. The van der Waals surface area contributed by atoms with Gasteiger partial charge in [0.25, 0.3) is 0 Å². The van der Waals surface area contributed by atoms with Crippen molar-refractivity contribution >= 4 is 38.9 Å². The first-order valence-electron chi connectivity index (χ1n) is 4.38. The Morgan fingerprint density at radius 2 is 2.38 bits per heavy atom. The predicted octanol–water partition coefficient (Wildman–Crippen LogP) is 4.05. The molecule has 0 aliphatic carbocycles. The lowest BCUT2D eigenvalue weighted by Crippen LogP contribution is -2.13. The molecule has 1 heterocycles. The van der Waals surface area contributed by atoms with Crippen LogP contribution in [0.4, 0.5) is 0 Å². The zero-order valence-corrected chi connectivity index (χ0v) is 10.7. The van der Waals surface area contributed by atoms with Gasteiger partial charge < -0.3 is 5.32 Å². The van der Waals surface area contributed by atoms with Crippen molar-refractivity contribution < 1.29 is 0 Å². The molecule has 0 saturated heterocycles. The molecule has 0 saturated carbocycles. The van der Waals surface area contributed by atoms with E-state index in [0.717, 1.165) is 21.9 Å². The highest BCUT2D eigenvalue weighted by Crippen LogP contribution is 2.31. The van der Waals surface area contributed by atoms with Crippen molar-refractivity contribution in [3.63, 3.8) is 0 Å². The van der Waals surface area contributed by atoms with Crippen LogP contribution >= 0.6 is 38.9 Å². The van der Waals surface area contributed by atoms with E-state index >= 15 is 0 Å². The van der Waals surface area contributed by atoms with Crippen LogP contribution in [0.15, 0.2) is 10.5 Å². The summed E-state index contributed by atoms with van der Waals surface area (Å²) >= 11 is 10.9. The molecule has 0 aliphatic heterocycles. The Balaban J connectivity index is 2.29. The van der Waals surface area contributed by atoms with E-state index in [1.165, 1.54) is 17.7 Å². The predicted molar refractivity (Wildman–Crippen MR) is 63.6 cm³/mol. The number of halogens is 2. The molecule has 0 radical (unpaired) electrons. The summed E-state index contributed by atoms with van der Waals surface area (Å²) in [7, 11) is 0. The van der Waals surface area contributed by atoms with E-state index in [4.69, 9.17) is 11.6 Å². The third kappa shape index (κ3) is 3.98. The summed E-state index contributed by atoms with van der Waals surface area (Å²) in [5.41, 5.74) is 0. The largest absolute Gasteiger partial charge is 0.312 e. The molecule has 0 fully saturated rings. The van der Waals surface area contributed by atoms with Crippen LogP contribution in [0.1, 0.15) is 24.6 Å². The number of unbranched alkanes of at least 4 members (excludes halogenated alkanes) is 1. The lowest BCUT2D eigenvalue weighted by atomic mass is 10.3. The maximum absolute atomic E-state index is 5.91. The Labute approximate surface area is 96.6 Å². The van der Waals surface area contributed by atoms with E-state index in [-0.39, 0.29) is 0 Å². The van der Waals surface area contributed by atoms with Crippen LogP contribution in [0.2, 0.25) is 4.34 Å². The van der Waals surface area contributed by atoms with Gasteiger partial charge in [0.15, 0.2) is 0 Å². The summed E-state index contributed by atoms with van der Waals surface area (Å²) < 4.78 is 1.85. The van der Waals surface area contributed by atoms with E-state index in [1.54, 1.807) is 11.3 Å². The van der Waals surface area contributed by atoms with Gasteiger partial charge in [0.05, 0.1) is 0 Å². The zero-order chi connectivity index (χ0) is 9.68. The molecule has 0 unspecified atom stereocenters. The van der Waals surface area contributed by atoms with Crippen LogP contribution in [-0.2, 0) is 6.54 Å². The van der Waals surface area contributed by atoms with Gasteiger partial charge in [0.1, 0.15) is 4.34 Å². The maximum Gasteiger partial charge on any atom is 0.107 e. The number of hydrogen-bond donors (Lipinski definition) is 1. The van der Waals surface area contributed by atoms with Gasteiger partial charge >= 0.3 is 0 Å². The maximum atomic E-state index is 5.91. The second-order valence-corrected chi connectivity index (χ2v) is 5.46. The summed E-state index contributed by atoms with van der Waals surface area (Å²) in [6.07, 6.45) is 2.47. The highest BCUT2D eigenvalue weighted by Gasteiger charge is 2.03. The van der Waals surface area contributed by atoms with Crippen molar-refractivity contribution in [1.82, 2.24) is 5.32 Å². The van der Waals surface area contributed by atoms with E-state index in [2.05, 4.69) is 34.2 Å². The molecule has 74 valence electrons. The molecule has 0 bridgehead atoms. The second kappa shape index (κ2) is 6.02. The van der Waals surface area contributed by atoms with E-state index in [1.807, 2.05) is 0 Å². The topological polar surface area (TPSA) is 12.0 Å². The molecular weight excluding hydrogens is 270 g/mol. The van der Waals surface area contributed by atoms with E-state index in [9.17, 15) is 0 Å². The number of thiophene rings is 1. The molecule has 0 atom stereocenters. The molecule has 1 N–H and O–H groups in total. The molecule has 1 rings (SSSR count). The standard InChI is InChI=1S/C9H13BrClNS/c1-2-3-4-12-6-7-5-8(10)9(11)13-7/h5,12H,2-4,6H2,1H3. The highest BCUT2D eigenvalue weighted by molar-refractivity contribution is 9.10. The minimum atomic E-state index is 0.840. The van der Waals surface area contributed by atoms with Crippen LogP contribution < -0.4 is 5.32 Å². The fourth-order valence-electron chi connectivity index (χ4n) is 0.992. The Bertz CT molecular complexity index is 243. The lowest BCUT2D eigenvalue weighted by Gasteiger charge is -1.99. The summed E-state index contributed by atoms with van der Waals surface area (Å²) in [5.74, 6) is 0. The van der Waals surface area contributed by atoms with Gasteiger partial charge in [-0.15, -0.1) is 11.3 Å². The zero-order valence-electron chi connectivity index (χ0n) is 7.57. The first kappa shape index (κ1) is 11.5. The number of hydrogen-bond acceptors (Lipinski definition) is 2. The minimum absolute atomic E-state index is 0.840. The fourth-order valence-corrected chi connectivity index (χ4v) is 2.75. The van der Waals surface area contributed by atoms with Crippen LogP contribution in [0, 0.1) is 0 Å². The molecular formula is C9H13BrClNS. The molecule has 1 nitrogen and oxygen atoms in total. The average molecular weight is 283 g/mol. The average Bonchev–Trinajstić information content (AvgIpc) is 2.41. The summed E-state index contributed by atoms with van der Waals surface area (Å²) in [5, 5.41) is 3.37. The van der Waals surface area contributed by atoms with Gasteiger partial charge in [-0.05, 0) is 35.0 Å². The Kier molecular flexibility index (Phi) is 5.32. The molecule has 1 aromatic rings. The van der Waals surface area contributed by atoms with Crippen molar-refractivity contribution in [2.24, 2.45) is 0 Å². The van der Waals surface area contributed by atoms with Crippen LogP contribution in [0.5, 0.6) is 0 Å². The molecule has 0 aliphatic rings. The minimum Gasteiger partial charge on any atom is -0.312 e. The van der Waals surface area contributed by atoms with Crippen molar-refractivity contribution in [3.05, 3.63) is 19.8 Å². The first-order chi connectivity index (χ1) is 6.24. The molecule has 0 amide bonds. The van der Waals surface area contributed by atoms with E-state index < -0.39 is 0 Å². The Hall–Kier alpha value is 0.430. The SMILES string of the molecule is CCCCNCc1cc(Br)c(Cl)s1. The summed E-state index contributed by atoms with van der Waals surface area (Å²) in [4.78, 5) is 1.29. The van der Waals surface area contributed by atoms with Crippen molar-refractivity contribution in [1.29, 1.82) is 0 Å². The normalized spacial score (nSPS) is 10.7. The monoisotopic (exact) mass is 281 g/mol. The summed E-state index contributed by atoms with van der Waals surface area (Å²) in [6.45, 7) is 4.21. The lowest BCUT2D eigenvalue weighted by molar-refractivity contribution is 0.646. The third-order valence-corrected chi connectivity index (χ3v) is 4.18. The quantitative estimate of drug-likeness (QED) is 0.803. The molecule has 0 aromatic carbocycles. The molecule has 4 heteroatoms. The number of rotatable bonds is 5. The third-order valence-electron chi connectivity index (χ3n) is 1.70. The van der Waals surface area contributed by atoms with Crippen molar-refractivity contribution in [2.45, 2.75) is 26.3 Å². The van der Waals surface area contributed by atoms with Gasteiger partial charge in [0.2, 0.25) is 0 Å². The van der Waals surface area contributed by atoms with Crippen LogP contribution in [0.3, 0.4) is 0 Å². The van der Waals surface area contributed by atoms with Gasteiger partial charge in [-0.25, -0.2) is 0 Å². The van der Waals surface area contributed by atoms with Crippen LogP contribution in [0.25, 0.3) is 0 Å².